The first kappa shape index (κ1) is 14.0. The molecule has 2 N–H and O–H groups in total. The van der Waals surface area contributed by atoms with Crippen LogP contribution in [-0.2, 0) is 0 Å². The van der Waals surface area contributed by atoms with Crippen molar-refractivity contribution in [1.29, 1.82) is 0 Å². The van der Waals surface area contributed by atoms with Crippen molar-refractivity contribution in [3.05, 3.63) is 11.9 Å². The van der Waals surface area contributed by atoms with Gasteiger partial charge in [-0.15, -0.1) is 0 Å². The lowest BCUT2D eigenvalue weighted by atomic mass is 9.93. The van der Waals surface area contributed by atoms with E-state index in [1.165, 1.54) is 0 Å². The predicted octanol–water partition coefficient (Wildman–Crippen LogP) is 2.79. The summed E-state index contributed by atoms with van der Waals surface area (Å²) in [5.41, 5.74) is 6.79. The van der Waals surface area contributed by atoms with Crippen LogP contribution in [0.25, 0.3) is 0 Å². The molecule has 0 aromatic rings. The molecule has 0 rings (SSSR count). The van der Waals surface area contributed by atoms with E-state index in [0.717, 1.165) is 5.70 Å². The second-order valence-electron chi connectivity index (χ2n) is 5.34. The van der Waals surface area contributed by atoms with Crippen LogP contribution >= 0.6 is 0 Å². The largest absolute Gasteiger partial charge is 0.400 e. The average molecular weight is 211 g/mol. The van der Waals surface area contributed by atoms with Crippen LogP contribution in [0.5, 0.6) is 0 Å². The molecular weight excluding hydrogens is 186 g/mol. The van der Waals surface area contributed by atoms with Gasteiger partial charge in [0.1, 0.15) is 0 Å². The molecule has 0 bridgehead atoms. The first-order chi connectivity index (χ1) is 6.70. The highest BCUT2D eigenvalue weighted by Crippen LogP contribution is 2.22. The first-order valence-electron chi connectivity index (χ1n) is 5.43. The number of nitrogens with two attached hydrogens (primary N) is 1. The minimum absolute atomic E-state index is 0.0281. The third-order valence-corrected chi connectivity index (χ3v) is 2.68. The number of allylic oxidation sites excluding steroid dienone is 1. The Hall–Kier alpha value is -0.990. The van der Waals surface area contributed by atoms with Crippen molar-refractivity contribution in [1.82, 2.24) is 5.01 Å². The van der Waals surface area contributed by atoms with Crippen molar-refractivity contribution in [3.8, 4) is 0 Å². The Labute approximate surface area is 94.0 Å². The predicted molar refractivity (Wildman–Crippen MR) is 67.4 cm³/mol. The summed E-state index contributed by atoms with van der Waals surface area (Å²) >= 11 is 0. The van der Waals surface area contributed by atoms with Gasteiger partial charge in [0.25, 0.3) is 0 Å². The molecule has 0 aliphatic carbocycles. The van der Waals surface area contributed by atoms with Crippen LogP contribution in [0.15, 0.2) is 17.0 Å². The highest BCUT2D eigenvalue weighted by molar-refractivity contribution is 5.23. The van der Waals surface area contributed by atoms with Crippen LogP contribution in [0.1, 0.15) is 41.5 Å². The monoisotopic (exact) mass is 211 g/mol. The van der Waals surface area contributed by atoms with Gasteiger partial charge in [-0.1, -0.05) is 34.6 Å². The molecule has 0 saturated heterocycles. The molecule has 3 heteroatoms. The van der Waals surface area contributed by atoms with Gasteiger partial charge in [-0.05, 0) is 12.8 Å². The Balaban J connectivity index is 4.79. The molecule has 0 aliphatic rings. The molecule has 15 heavy (non-hydrogen) atoms. The van der Waals surface area contributed by atoms with E-state index in [9.17, 15) is 0 Å². The van der Waals surface area contributed by atoms with E-state index in [4.69, 9.17) is 5.73 Å². The average Bonchev–Trinajstić information content (AvgIpc) is 2.10. The Morgan fingerprint density at radius 3 is 2.07 bits per heavy atom. The molecular formula is C12H25N3. The van der Waals surface area contributed by atoms with Gasteiger partial charge in [0, 0.05) is 24.0 Å². The van der Waals surface area contributed by atoms with E-state index in [1.807, 2.05) is 11.2 Å². The lowest BCUT2D eigenvalue weighted by Gasteiger charge is -2.28. The Morgan fingerprint density at radius 2 is 1.80 bits per heavy atom. The van der Waals surface area contributed by atoms with Crippen molar-refractivity contribution in [2.45, 2.75) is 47.6 Å². The van der Waals surface area contributed by atoms with E-state index in [0.29, 0.717) is 12.0 Å². The topological polar surface area (TPSA) is 41.6 Å². The summed E-state index contributed by atoms with van der Waals surface area (Å²) in [6.07, 6.45) is 1.89. The van der Waals surface area contributed by atoms with E-state index >= 15 is 0 Å². The van der Waals surface area contributed by atoms with Crippen LogP contribution in [0.3, 0.4) is 0 Å². The standard InChI is InChI=1S/C12H25N3/c1-9(2)10(3)15(14-7)8-11(13)12(4,5)6/h8-10H,7,13H2,1-6H3/b11-8-. The third-order valence-electron chi connectivity index (χ3n) is 2.68. The first-order valence-corrected chi connectivity index (χ1v) is 5.43. The molecule has 0 heterocycles. The van der Waals surface area contributed by atoms with E-state index < -0.39 is 0 Å². The van der Waals surface area contributed by atoms with Crippen molar-refractivity contribution in [2.75, 3.05) is 0 Å². The van der Waals surface area contributed by atoms with Crippen LogP contribution in [0.4, 0.5) is 0 Å². The highest BCUT2D eigenvalue weighted by atomic mass is 15.4. The summed E-state index contributed by atoms with van der Waals surface area (Å²) < 4.78 is 0. The summed E-state index contributed by atoms with van der Waals surface area (Å²) in [5, 5.41) is 5.83. The number of hydrogen-bond donors (Lipinski definition) is 1. The summed E-state index contributed by atoms with van der Waals surface area (Å²) in [7, 11) is 0. The van der Waals surface area contributed by atoms with Crippen molar-refractivity contribution in [2.24, 2.45) is 22.2 Å². The van der Waals surface area contributed by atoms with Crippen LogP contribution in [0, 0.1) is 11.3 Å². The number of rotatable bonds is 4. The maximum Gasteiger partial charge on any atom is 0.0514 e. The molecule has 1 unspecified atom stereocenters. The highest BCUT2D eigenvalue weighted by Gasteiger charge is 2.18. The normalized spacial score (nSPS) is 15.3. The third kappa shape index (κ3) is 4.36. The second-order valence-corrected chi connectivity index (χ2v) is 5.34. The zero-order chi connectivity index (χ0) is 12.2. The SMILES string of the molecule is C=NN(/C=C(\N)C(C)(C)C)C(C)C(C)C. The van der Waals surface area contributed by atoms with Crippen molar-refractivity contribution < 1.29 is 0 Å². The molecule has 0 fully saturated rings. The smallest absolute Gasteiger partial charge is 0.0514 e. The van der Waals surface area contributed by atoms with E-state index in [1.54, 1.807) is 0 Å². The zero-order valence-corrected chi connectivity index (χ0v) is 10.9. The van der Waals surface area contributed by atoms with Gasteiger partial charge in [0.2, 0.25) is 0 Å². The van der Waals surface area contributed by atoms with Crippen molar-refractivity contribution >= 4 is 6.72 Å². The molecule has 0 aromatic carbocycles. The fourth-order valence-electron chi connectivity index (χ4n) is 0.929. The van der Waals surface area contributed by atoms with Gasteiger partial charge in [-0.2, -0.15) is 5.10 Å². The van der Waals surface area contributed by atoms with Gasteiger partial charge in [-0.25, -0.2) is 0 Å². The fourth-order valence-corrected chi connectivity index (χ4v) is 0.929. The number of hydrogen-bond acceptors (Lipinski definition) is 3. The molecule has 3 nitrogen and oxygen atoms in total. The summed E-state index contributed by atoms with van der Waals surface area (Å²) in [6, 6.07) is 0.309. The minimum Gasteiger partial charge on any atom is -0.400 e. The quantitative estimate of drug-likeness (QED) is 0.574. The lowest BCUT2D eigenvalue weighted by Crippen LogP contribution is -2.30. The molecule has 0 saturated carbocycles. The molecule has 0 amide bonds. The van der Waals surface area contributed by atoms with Gasteiger partial charge >= 0.3 is 0 Å². The minimum atomic E-state index is -0.0281. The van der Waals surface area contributed by atoms with Gasteiger partial charge in [0.05, 0.1) is 6.04 Å². The van der Waals surface area contributed by atoms with Gasteiger partial charge < -0.3 is 5.73 Å². The maximum atomic E-state index is 6.00. The fraction of sp³-hybridized carbons (Fsp3) is 0.750. The Kier molecular flexibility index (Phi) is 4.85. The Morgan fingerprint density at radius 1 is 1.33 bits per heavy atom. The Bertz CT molecular complexity index is 236. The molecule has 1 atom stereocenters. The molecule has 0 aliphatic heterocycles. The summed E-state index contributed by atoms with van der Waals surface area (Å²) in [4.78, 5) is 0. The van der Waals surface area contributed by atoms with E-state index in [2.05, 4.69) is 53.4 Å². The zero-order valence-electron chi connectivity index (χ0n) is 10.9. The van der Waals surface area contributed by atoms with E-state index in [-0.39, 0.29) is 5.41 Å². The van der Waals surface area contributed by atoms with Crippen LogP contribution in [0.2, 0.25) is 0 Å². The second kappa shape index (κ2) is 5.19. The lowest BCUT2D eigenvalue weighted by molar-refractivity contribution is 0.243. The molecule has 0 spiro atoms. The van der Waals surface area contributed by atoms with Gasteiger partial charge in [0.15, 0.2) is 0 Å². The molecule has 88 valence electrons. The summed E-state index contributed by atoms with van der Waals surface area (Å²) in [6.45, 7) is 16.3. The number of nitrogens with zero attached hydrogens (tertiary/aromatic N) is 2. The van der Waals surface area contributed by atoms with Crippen molar-refractivity contribution in [3.63, 3.8) is 0 Å². The number of hydrazone groups is 1. The summed E-state index contributed by atoms with van der Waals surface area (Å²) in [5.74, 6) is 0.513. The van der Waals surface area contributed by atoms with Crippen LogP contribution < -0.4 is 5.73 Å². The van der Waals surface area contributed by atoms with Crippen LogP contribution in [-0.4, -0.2) is 17.8 Å². The molecule has 0 radical (unpaired) electrons. The van der Waals surface area contributed by atoms with Gasteiger partial charge in [-0.3, -0.25) is 5.01 Å². The molecule has 0 aromatic heterocycles. The maximum absolute atomic E-state index is 6.00.